The van der Waals surface area contributed by atoms with Gasteiger partial charge in [-0.2, -0.15) is 0 Å². The molecule has 0 saturated carbocycles. The number of nitrogens with zero attached hydrogens (tertiary/aromatic N) is 1. The van der Waals surface area contributed by atoms with E-state index in [1.807, 2.05) is 18.2 Å². The monoisotopic (exact) mass is 532 g/mol. The van der Waals surface area contributed by atoms with Gasteiger partial charge in [-0.3, -0.25) is 14.6 Å². The van der Waals surface area contributed by atoms with E-state index in [1.54, 1.807) is 0 Å². The smallest absolute Gasteiger partial charge is 0.225 e. The number of thioether (sulfide) groups is 1. The molecule has 0 aromatic heterocycles. The number of aryl methyl sites for hydroxylation is 1. The topological polar surface area (TPSA) is 103 Å². The molecule has 1 aliphatic heterocycles. The molecule has 2 amide bonds. The van der Waals surface area contributed by atoms with Crippen molar-refractivity contribution in [3.63, 3.8) is 0 Å². The van der Waals surface area contributed by atoms with E-state index in [4.69, 9.17) is 0 Å². The van der Waals surface area contributed by atoms with E-state index in [1.165, 1.54) is 29.5 Å². The van der Waals surface area contributed by atoms with E-state index in [9.17, 15) is 23.5 Å². The molecule has 4 N–H and O–H groups in total. The SMILES string of the molecule is CCc1cccc(CNC[C@@H](O)[C@H](Cc2cc(F)cc(F)c2)NC(=O)CCCC(=O)NC2=NCCS2)c1. The maximum atomic E-state index is 13.7. The van der Waals surface area contributed by atoms with Crippen LogP contribution < -0.4 is 16.0 Å². The zero-order valence-corrected chi connectivity index (χ0v) is 21.8. The highest BCUT2D eigenvalue weighted by Crippen LogP contribution is 2.13. The summed E-state index contributed by atoms with van der Waals surface area (Å²) in [5.74, 6) is -1.16. The molecule has 37 heavy (non-hydrogen) atoms. The lowest BCUT2D eigenvalue weighted by Crippen LogP contribution is -2.48. The van der Waals surface area contributed by atoms with E-state index in [2.05, 4.69) is 33.9 Å². The van der Waals surface area contributed by atoms with Crippen molar-refractivity contribution < 1.29 is 23.5 Å². The van der Waals surface area contributed by atoms with Gasteiger partial charge in [0.25, 0.3) is 0 Å². The number of benzene rings is 2. The number of aliphatic hydroxyl groups is 1. The van der Waals surface area contributed by atoms with E-state index in [0.717, 1.165) is 23.8 Å². The van der Waals surface area contributed by atoms with E-state index in [-0.39, 0.29) is 37.6 Å². The molecule has 0 unspecified atom stereocenters. The summed E-state index contributed by atoms with van der Waals surface area (Å²) in [5.41, 5.74) is 2.60. The predicted molar refractivity (Wildman–Crippen MR) is 142 cm³/mol. The van der Waals surface area contributed by atoms with Gasteiger partial charge in [0.2, 0.25) is 11.8 Å². The number of amidine groups is 1. The number of nitrogens with one attached hydrogen (secondary N) is 3. The third-order valence-electron chi connectivity index (χ3n) is 5.91. The van der Waals surface area contributed by atoms with Crippen LogP contribution in [0.5, 0.6) is 0 Å². The molecule has 0 saturated heterocycles. The molecule has 3 rings (SSSR count). The number of amides is 2. The summed E-state index contributed by atoms with van der Waals surface area (Å²) < 4.78 is 27.5. The molecule has 7 nitrogen and oxygen atoms in total. The number of aliphatic imine (C=N–C) groups is 1. The number of aliphatic hydroxyl groups excluding tert-OH is 1. The highest BCUT2D eigenvalue weighted by atomic mass is 32.2. The number of hydrogen-bond acceptors (Lipinski definition) is 6. The van der Waals surface area contributed by atoms with Crippen LogP contribution in [-0.2, 0) is 29.0 Å². The standard InChI is InChI=1S/C27H34F2N4O3S/c1-2-18-5-3-6-19(11-18)16-30-17-24(34)23(14-20-12-21(28)15-22(29)13-20)32-25(35)7-4-8-26(36)33-27-31-9-10-37-27/h3,5-6,11-13,15,23-24,30,34H,2,4,7-10,14,16-17H2,1H3,(H,32,35)(H,31,33,36)/t23-,24+/m0/s1. The summed E-state index contributed by atoms with van der Waals surface area (Å²) in [7, 11) is 0. The molecule has 2 atom stereocenters. The lowest BCUT2D eigenvalue weighted by atomic mass is 10.00. The molecule has 0 fully saturated rings. The highest BCUT2D eigenvalue weighted by Gasteiger charge is 2.22. The third kappa shape index (κ3) is 10.2. The molecule has 0 aliphatic carbocycles. The number of carbonyl (C=O) groups is 2. The van der Waals surface area contributed by atoms with Crippen molar-refractivity contribution >= 4 is 28.7 Å². The van der Waals surface area contributed by atoms with E-state index >= 15 is 0 Å². The maximum absolute atomic E-state index is 13.7. The van der Waals surface area contributed by atoms with Crippen molar-refractivity contribution in [2.75, 3.05) is 18.8 Å². The second-order valence-corrected chi connectivity index (χ2v) is 10.0. The molecular weight excluding hydrogens is 498 g/mol. The Balaban J connectivity index is 1.54. The average Bonchev–Trinajstić information content (AvgIpc) is 3.36. The third-order valence-corrected chi connectivity index (χ3v) is 6.80. The van der Waals surface area contributed by atoms with Crippen LogP contribution >= 0.6 is 11.8 Å². The van der Waals surface area contributed by atoms with Gasteiger partial charge in [-0.05, 0) is 48.1 Å². The number of rotatable bonds is 13. The quantitative estimate of drug-likeness (QED) is 0.318. The van der Waals surface area contributed by atoms with Gasteiger partial charge in [-0.15, -0.1) is 0 Å². The Morgan fingerprint density at radius 1 is 1.05 bits per heavy atom. The summed E-state index contributed by atoms with van der Waals surface area (Å²) >= 11 is 1.48. The Morgan fingerprint density at radius 2 is 1.78 bits per heavy atom. The Labute approximate surface area is 220 Å². The van der Waals surface area contributed by atoms with Gasteiger partial charge in [0.15, 0.2) is 5.17 Å². The maximum Gasteiger partial charge on any atom is 0.225 e. The fourth-order valence-corrected chi connectivity index (χ4v) is 4.76. The molecule has 1 heterocycles. The fraction of sp³-hybridized carbons (Fsp3) is 0.444. The molecule has 0 bridgehead atoms. The zero-order valence-electron chi connectivity index (χ0n) is 20.9. The van der Waals surface area contributed by atoms with Gasteiger partial charge in [0.1, 0.15) is 11.6 Å². The average molecular weight is 533 g/mol. The summed E-state index contributed by atoms with van der Waals surface area (Å²) in [6.45, 7) is 3.45. The summed E-state index contributed by atoms with van der Waals surface area (Å²) in [4.78, 5) is 28.8. The van der Waals surface area contributed by atoms with Crippen LogP contribution in [0.15, 0.2) is 47.5 Å². The number of carbonyl (C=O) groups excluding carboxylic acids is 2. The molecule has 200 valence electrons. The summed E-state index contributed by atoms with van der Waals surface area (Å²) in [5, 5.41) is 20.2. The van der Waals surface area contributed by atoms with Crippen LogP contribution in [0.4, 0.5) is 8.78 Å². The van der Waals surface area contributed by atoms with Crippen molar-refractivity contribution in [3.8, 4) is 0 Å². The normalized spacial score (nSPS) is 14.6. The molecular formula is C27H34F2N4O3S. The molecule has 0 spiro atoms. The first-order chi connectivity index (χ1) is 17.8. The van der Waals surface area contributed by atoms with Crippen molar-refractivity contribution in [3.05, 3.63) is 70.8 Å². The minimum atomic E-state index is -1.01. The Morgan fingerprint density at radius 3 is 2.49 bits per heavy atom. The minimum Gasteiger partial charge on any atom is -0.390 e. The molecule has 1 aliphatic rings. The first kappa shape index (κ1) is 28.7. The van der Waals surface area contributed by atoms with E-state index in [0.29, 0.717) is 30.2 Å². The van der Waals surface area contributed by atoms with Crippen molar-refractivity contribution in [2.45, 2.75) is 57.7 Å². The minimum absolute atomic E-state index is 0.0477. The van der Waals surface area contributed by atoms with Crippen LogP contribution in [0.3, 0.4) is 0 Å². The van der Waals surface area contributed by atoms with Crippen LogP contribution in [0.1, 0.15) is 42.9 Å². The van der Waals surface area contributed by atoms with Crippen molar-refractivity contribution in [1.82, 2.24) is 16.0 Å². The second-order valence-electron chi connectivity index (χ2n) is 8.96. The summed E-state index contributed by atoms with van der Waals surface area (Å²) in [6, 6.07) is 10.5. The van der Waals surface area contributed by atoms with Crippen LogP contribution in [0.2, 0.25) is 0 Å². The summed E-state index contributed by atoms with van der Waals surface area (Å²) in [6.07, 6.45) is 0.513. The molecule has 10 heteroatoms. The number of hydrogen-bond donors (Lipinski definition) is 4. The molecule has 2 aromatic carbocycles. The van der Waals surface area contributed by atoms with Crippen LogP contribution in [0, 0.1) is 11.6 Å². The van der Waals surface area contributed by atoms with Crippen LogP contribution in [-0.4, -0.2) is 53.1 Å². The lowest BCUT2D eigenvalue weighted by Gasteiger charge is -2.25. The largest absolute Gasteiger partial charge is 0.390 e. The molecule has 2 aromatic rings. The first-order valence-corrected chi connectivity index (χ1v) is 13.5. The van der Waals surface area contributed by atoms with Gasteiger partial charge in [0.05, 0.1) is 18.7 Å². The van der Waals surface area contributed by atoms with Gasteiger partial charge >= 0.3 is 0 Å². The van der Waals surface area contributed by atoms with Gasteiger partial charge in [0, 0.05) is 37.8 Å². The predicted octanol–water partition coefficient (Wildman–Crippen LogP) is 3.09. The van der Waals surface area contributed by atoms with Crippen molar-refractivity contribution in [1.29, 1.82) is 0 Å². The first-order valence-electron chi connectivity index (χ1n) is 12.5. The highest BCUT2D eigenvalue weighted by molar-refractivity contribution is 8.14. The van der Waals surface area contributed by atoms with Crippen molar-refractivity contribution in [2.24, 2.45) is 4.99 Å². The fourth-order valence-electron chi connectivity index (χ4n) is 4.01. The zero-order chi connectivity index (χ0) is 26.6. The Bertz CT molecular complexity index is 1080. The van der Waals surface area contributed by atoms with E-state index < -0.39 is 23.8 Å². The second kappa shape index (κ2) is 14.8. The van der Waals surface area contributed by atoms with Gasteiger partial charge < -0.3 is 21.1 Å². The van der Waals surface area contributed by atoms with Gasteiger partial charge in [-0.1, -0.05) is 43.0 Å². The van der Waals surface area contributed by atoms with Gasteiger partial charge in [-0.25, -0.2) is 8.78 Å². The molecule has 0 radical (unpaired) electrons. The van der Waals surface area contributed by atoms with Crippen LogP contribution in [0.25, 0.3) is 0 Å². The Kier molecular flexibility index (Phi) is 11.5. The lowest BCUT2D eigenvalue weighted by molar-refractivity contribution is -0.123. The number of halogens is 2. The Hall–Kier alpha value is -2.82.